The Hall–Kier alpha value is -2.76. The van der Waals surface area contributed by atoms with E-state index in [1.165, 1.54) is 0 Å². The monoisotopic (exact) mass is 328 g/mol. The van der Waals surface area contributed by atoms with Gasteiger partial charge in [-0.05, 0) is 36.2 Å². The van der Waals surface area contributed by atoms with Crippen LogP contribution in [0.4, 0.5) is 14.5 Å². The van der Waals surface area contributed by atoms with Crippen LogP contribution in [0.25, 0.3) is 11.1 Å². The molecule has 1 fully saturated rings. The van der Waals surface area contributed by atoms with E-state index in [9.17, 15) is 18.4 Å². The number of hydrogen-bond acceptors (Lipinski definition) is 2. The van der Waals surface area contributed by atoms with E-state index in [4.69, 9.17) is 0 Å². The molecular formula is C18H14F2N2O2. The first-order chi connectivity index (χ1) is 11.5. The van der Waals surface area contributed by atoms with Crippen molar-refractivity contribution in [2.24, 2.45) is 0 Å². The summed E-state index contributed by atoms with van der Waals surface area (Å²) >= 11 is 0. The van der Waals surface area contributed by atoms with Gasteiger partial charge in [-0.1, -0.05) is 12.1 Å². The van der Waals surface area contributed by atoms with E-state index in [-0.39, 0.29) is 30.3 Å². The van der Waals surface area contributed by atoms with Crippen LogP contribution in [0.5, 0.6) is 0 Å². The molecule has 4 nitrogen and oxygen atoms in total. The van der Waals surface area contributed by atoms with Gasteiger partial charge in [-0.2, -0.15) is 0 Å². The molecule has 0 aliphatic carbocycles. The van der Waals surface area contributed by atoms with Crippen molar-refractivity contribution >= 4 is 17.5 Å². The minimum Gasteiger partial charge on any atom is -0.355 e. The zero-order valence-electron chi connectivity index (χ0n) is 12.7. The Balaban J connectivity index is 1.94. The van der Waals surface area contributed by atoms with E-state index in [1.54, 1.807) is 18.2 Å². The van der Waals surface area contributed by atoms with Crippen LogP contribution in [0.1, 0.15) is 18.4 Å². The van der Waals surface area contributed by atoms with E-state index in [0.29, 0.717) is 23.2 Å². The van der Waals surface area contributed by atoms with Crippen molar-refractivity contribution in [3.8, 4) is 11.1 Å². The van der Waals surface area contributed by atoms with E-state index in [0.717, 1.165) is 18.2 Å². The summed E-state index contributed by atoms with van der Waals surface area (Å²) in [6.45, 7) is 0.151. The summed E-state index contributed by atoms with van der Waals surface area (Å²) in [4.78, 5) is 24.1. The molecule has 1 saturated heterocycles. The Bertz CT molecular complexity index is 869. The Morgan fingerprint density at radius 1 is 1.04 bits per heavy atom. The fraction of sp³-hybridized carbons (Fsp3) is 0.222. The molecule has 0 bridgehead atoms. The van der Waals surface area contributed by atoms with Gasteiger partial charge in [0.1, 0.15) is 11.6 Å². The Morgan fingerprint density at radius 2 is 1.88 bits per heavy atom. The number of fused-ring (bicyclic) bond motifs is 2. The van der Waals surface area contributed by atoms with Crippen LogP contribution in [-0.2, 0) is 15.0 Å². The zero-order valence-corrected chi connectivity index (χ0v) is 12.7. The van der Waals surface area contributed by atoms with Crippen LogP contribution >= 0.6 is 0 Å². The molecule has 2 heterocycles. The summed E-state index contributed by atoms with van der Waals surface area (Å²) < 4.78 is 27.9. The Labute approximate surface area is 136 Å². The molecule has 2 aromatic rings. The van der Waals surface area contributed by atoms with E-state index in [2.05, 4.69) is 10.6 Å². The standard InChI is InChI=1S/C18H14F2N2O2/c19-10-4-5-13(20)12(8-10)11-2-1-3-14-16(11)18(17(24)22-14)7-6-15(23)21-9-18/h1-5,8H,6-7,9H2,(H,21,23)(H,22,24). The maximum Gasteiger partial charge on any atom is 0.236 e. The number of amides is 2. The van der Waals surface area contributed by atoms with Crippen molar-refractivity contribution in [1.82, 2.24) is 5.32 Å². The van der Waals surface area contributed by atoms with Crippen LogP contribution < -0.4 is 10.6 Å². The first kappa shape index (κ1) is 14.8. The minimum absolute atomic E-state index is 0.111. The molecular weight excluding hydrogens is 314 g/mol. The number of halogens is 2. The van der Waals surface area contributed by atoms with Gasteiger partial charge < -0.3 is 10.6 Å². The first-order valence-corrected chi connectivity index (χ1v) is 7.68. The fourth-order valence-electron chi connectivity index (χ4n) is 3.62. The summed E-state index contributed by atoms with van der Waals surface area (Å²) in [5.74, 6) is -1.44. The third-order valence-electron chi connectivity index (χ3n) is 4.81. The van der Waals surface area contributed by atoms with Crippen LogP contribution in [0.3, 0.4) is 0 Å². The molecule has 1 spiro atoms. The molecule has 2 amide bonds. The number of benzene rings is 2. The summed E-state index contributed by atoms with van der Waals surface area (Å²) in [5, 5.41) is 5.53. The largest absolute Gasteiger partial charge is 0.355 e. The molecule has 24 heavy (non-hydrogen) atoms. The van der Waals surface area contributed by atoms with E-state index >= 15 is 0 Å². The van der Waals surface area contributed by atoms with Gasteiger partial charge in [0.2, 0.25) is 11.8 Å². The number of rotatable bonds is 1. The van der Waals surface area contributed by atoms with Crippen LogP contribution in [0.15, 0.2) is 36.4 Å². The second kappa shape index (κ2) is 5.12. The minimum atomic E-state index is -0.946. The van der Waals surface area contributed by atoms with Crippen molar-refractivity contribution in [3.63, 3.8) is 0 Å². The van der Waals surface area contributed by atoms with Crippen LogP contribution in [0, 0.1) is 11.6 Å². The molecule has 2 aliphatic heterocycles. The van der Waals surface area contributed by atoms with Crippen molar-refractivity contribution in [1.29, 1.82) is 0 Å². The van der Waals surface area contributed by atoms with Gasteiger partial charge in [-0.25, -0.2) is 8.78 Å². The van der Waals surface area contributed by atoms with Crippen molar-refractivity contribution in [3.05, 3.63) is 53.6 Å². The van der Waals surface area contributed by atoms with Crippen molar-refractivity contribution in [2.75, 3.05) is 11.9 Å². The number of carbonyl (C=O) groups is 2. The highest BCUT2D eigenvalue weighted by atomic mass is 19.1. The lowest BCUT2D eigenvalue weighted by molar-refractivity contribution is -0.127. The highest BCUT2D eigenvalue weighted by molar-refractivity contribution is 6.09. The molecule has 0 saturated carbocycles. The zero-order chi connectivity index (χ0) is 16.9. The Morgan fingerprint density at radius 3 is 2.62 bits per heavy atom. The second-order valence-corrected chi connectivity index (χ2v) is 6.17. The molecule has 2 aliphatic rings. The molecule has 122 valence electrons. The fourth-order valence-corrected chi connectivity index (χ4v) is 3.62. The molecule has 4 rings (SSSR count). The highest BCUT2D eigenvalue weighted by Gasteiger charge is 2.50. The first-order valence-electron chi connectivity index (χ1n) is 7.68. The summed E-state index contributed by atoms with van der Waals surface area (Å²) in [6.07, 6.45) is 0.554. The Kier molecular flexibility index (Phi) is 3.16. The van der Waals surface area contributed by atoms with E-state index < -0.39 is 17.0 Å². The molecule has 0 radical (unpaired) electrons. The van der Waals surface area contributed by atoms with Gasteiger partial charge in [-0.15, -0.1) is 0 Å². The van der Waals surface area contributed by atoms with Gasteiger partial charge in [0.15, 0.2) is 0 Å². The van der Waals surface area contributed by atoms with Crippen molar-refractivity contribution in [2.45, 2.75) is 18.3 Å². The van der Waals surface area contributed by atoms with Crippen LogP contribution in [0.2, 0.25) is 0 Å². The number of carbonyl (C=O) groups excluding carboxylic acids is 2. The third-order valence-corrected chi connectivity index (χ3v) is 4.81. The molecule has 1 atom stereocenters. The average molecular weight is 328 g/mol. The van der Waals surface area contributed by atoms with E-state index in [1.807, 2.05) is 0 Å². The van der Waals surface area contributed by atoms with Gasteiger partial charge >= 0.3 is 0 Å². The number of anilines is 1. The average Bonchev–Trinajstić information content (AvgIpc) is 2.85. The number of nitrogens with one attached hydrogen (secondary N) is 2. The molecule has 0 aromatic heterocycles. The smallest absolute Gasteiger partial charge is 0.236 e. The molecule has 6 heteroatoms. The van der Waals surface area contributed by atoms with Crippen molar-refractivity contribution < 1.29 is 18.4 Å². The number of hydrogen-bond donors (Lipinski definition) is 2. The van der Waals surface area contributed by atoms with Gasteiger partial charge in [-0.3, -0.25) is 9.59 Å². The lowest BCUT2D eigenvalue weighted by atomic mass is 9.73. The lowest BCUT2D eigenvalue weighted by Crippen LogP contribution is -2.50. The predicted octanol–water partition coefficient (Wildman–Crippen LogP) is 2.73. The normalized spacial score (nSPS) is 22.2. The third kappa shape index (κ3) is 2.02. The lowest BCUT2D eigenvalue weighted by Gasteiger charge is -2.33. The predicted molar refractivity (Wildman–Crippen MR) is 84.3 cm³/mol. The summed E-state index contributed by atoms with van der Waals surface area (Å²) in [7, 11) is 0. The van der Waals surface area contributed by atoms with Crippen LogP contribution in [-0.4, -0.2) is 18.4 Å². The number of piperidine rings is 1. The molecule has 2 aromatic carbocycles. The van der Waals surface area contributed by atoms with Gasteiger partial charge in [0.05, 0.1) is 5.41 Å². The summed E-state index contributed by atoms with van der Waals surface area (Å²) in [5.41, 5.74) is 0.842. The molecule has 1 unspecified atom stereocenters. The molecule has 2 N–H and O–H groups in total. The highest BCUT2D eigenvalue weighted by Crippen LogP contribution is 2.47. The second-order valence-electron chi connectivity index (χ2n) is 6.17. The quantitative estimate of drug-likeness (QED) is 0.846. The van der Waals surface area contributed by atoms with Gasteiger partial charge in [0, 0.05) is 29.8 Å². The maximum atomic E-state index is 14.3. The summed E-state index contributed by atoms with van der Waals surface area (Å²) in [6, 6.07) is 8.36. The topological polar surface area (TPSA) is 58.2 Å². The van der Waals surface area contributed by atoms with Gasteiger partial charge in [0.25, 0.3) is 0 Å². The SMILES string of the molecule is O=C1CCC2(CN1)C(=O)Nc1cccc(-c3cc(F)ccc3F)c12. The maximum absolute atomic E-state index is 14.3.